The summed E-state index contributed by atoms with van der Waals surface area (Å²) < 4.78 is 1.81. The van der Waals surface area contributed by atoms with Crippen LogP contribution in [0.4, 0.5) is 0 Å². The number of amides is 1. The molecule has 3 rings (SSSR count). The van der Waals surface area contributed by atoms with Crippen molar-refractivity contribution in [1.29, 1.82) is 0 Å². The smallest absolute Gasteiger partial charge is 0.246 e. The largest absolute Gasteiger partial charge is 0.337 e. The van der Waals surface area contributed by atoms with Gasteiger partial charge in [-0.3, -0.25) is 14.4 Å². The van der Waals surface area contributed by atoms with Gasteiger partial charge < -0.3 is 4.90 Å². The quantitative estimate of drug-likeness (QED) is 0.804. The van der Waals surface area contributed by atoms with E-state index in [-0.39, 0.29) is 5.91 Å². The maximum absolute atomic E-state index is 12.4. The molecule has 1 aliphatic rings. The number of nitrogens with zero attached hydrogens (tertiary/aromatic N) is 4. The summed E-state index contributed by atoms with van der Waals surface area (Å²) in [6.45, 7) is 8.50. The van der Waals surface area contributed by atoms with Gasteiger partial charge in [0.15, 0.2) is 0 Å². The number of hydrogen-bond donors (Lipinski definition) is 0. The first-order valence-electron chi connectivity index (χ1n) is 8.77. The Morgan fingerprint density at radius 2 is 1.88 bits per heavy atom. The number of aryl methyl sites for hydroxylation is 2. The number of piperazine rings is 1. The zero-order valence-electron chi connectivity index (χ0n) is 15.3. The lowest BCUT2D eigenvalue weighted by Crippen LogP contribution is -2.47. The van der Waals surface area contributed by atoms with Crippen LogP contribution in [0.2, 0.25) is 0 Å². The number of aromatic nitrogens is 2. The summed E-state index contributed by atoms with van der Waals surface area (Å²) in [6, 6.07) is 8.51. The van der Waals surface area contributed by atoms with Crippen LogP contribution < -0.4 is 0 Å². The van der Waals surface area contributed by atoms with E-state index in [1.807, 2.05) is 29.6 Å². The monoisotopic (exact) mass is 338 g/mol. The minimum atomic E-state index is 0.0822. The summed E-state index contributed by atoms with van der Waals surface area (Å²) in [6.07, 6.45) is 5.32. The molecule has 2 heterocycles. The zero-order valence-corrected chi connectivity index (χ0v) is 15.3. The summed E-state index contributed by atoms with van der Waals surface area (Å²) in [5.74, 6) is 0.0822. The molecule has 1 fully saturated rings. The summed E-state index contributed by atoms with van der Waals surface area (Å²) in [4.78, 5) is 16.7. The third kappa shape index (κ3) is 4.17. The van der Waals surface area contributed by atoms with E-state index in [4.69, 9.17) is 0 Å². The third-order valence-corrected chi connectivity index (χ3v) is 5.02. The molecule has 1 amide bonds. The first-order chi connectivity index (χ1) is 12.0. The van der Waals surface area contributed by atoms with Gasteiger partial charge in [0, 0.05) is 57.1 Å². The van der Waals surface area contributed by atoms with Crippen LogP contribution in [0.5, 0.6) is 0 Å². The van der Waals surface area contributed by atoms with Crippen LogP contribution in [0.1, 0.15) is 22.4 Å². The van der Waals surface area contributed by atoms with Crippen molar-refractivity contribution in [3.8, 4) is 0 Å². The summed E-state index contributed by atoms with van der Waals surface area (Å²) in [5, 5.41) is 4.20. The summed E-state index contributed by atoms with van der Waals surface area (Å²) >= 11 is 0. The van der Waals surface area contributed by atoms with E-state index in [2.05, 4.69) is 41.2 Å². The second kappa shape index (κ2) is 7.66. The Balaban J connectivity index is 1.52. The minimum absolute atomic E-state index is 0.0822. The van der Waals surface area contributed by atoms with Crippen molar-refractivity contribution in [3.05, 3.63) is 58.9 Å². The van der Waals surface area contributed by atoms with E-state index in [0.717, 1.165) is 44.0 Å². The number of rotatable bonds is 4. The number of carbonyl (C=O) groups is 1. The Morgan fingerprint density at radius 3 is 2.52 bits per heavy atom. The van der Waals surface area contributed by atoms with Gasteiger partial charge in [-0.25, -0.2) is 0 Å². The molecule has 2 aromatic rings. The maximum Gasteiger partial charge on any atom is 0.246 e. The Hall–Kier alpha value is -2.40. The van der Waals surface area contributed by atoms with Crippen molar-refractivity contribution in [2.75, 3.05) is 26.2 Å². The van der Waals surface area contributed by atoms with Gasteiger partial charge >= 0.3 is 0 Å². The number of benzene rings is 1. The molecule has 0 bridgehead atoms. The molecule has 0 saturated carbocycles. The van der Waals surface area contributed by atoms with E-state index in [0.29, 0.717) is 0 Å². The van der Waals surface area contributed by atoms with E-state index in [1.54, 1.807) is 12.3 Å². The number of hydrogen-bond acceptors (Lipinski definition) is 3. The van der Waals surface area contributed by atoms with Gasteiger partial charge in [-0.1, -0.05) is 24.3 Å². The molecule has 132 valence electrons. The molecule has 0 atom stereocenters. The lowest BCUT2D eigenvalue weighted by Gasteiger charge is -2.34. The maximum atomic E-state index is 12.4. The molecule has 1 saturated heterocycles. The van der Waals surface area contributed by atoms with Crippen molar-refractivity contribution in [1.82, 2.24) is 19.6 Å². The second-order valence-corrected chi connectivity index (χ2v) is 6.67. The SMILES string of the molecule is Cc1ccccc1CN1CCN(C(=O)C=Cc2cnn(C)c2C)CC1. The van der Waals surface area contributed by atoms with Crippen LogP contribution in [-0.2, 0) is 18.4 Å². The van der Waals surface area contributed by atoms with Crippen LogP contribution in [0.3, 0.4) is 0 Å². The first kappa shape index (κ1) is 17.4. The van der Waals surface area contributed by atoms with Gasteiger partial charge in [-0.2, -0.15) is 5.10 Å². The minimum Gasteiger partial charge on any atom is -0.337 e. The molecule has 1 aromatic carbocycles. The van der Waals surface area contributed by atoms with Gasteiger partial charge in [0.2, 0.25) is 5.91 Å². The van der Waals surface area contributed by atoms with Crippen LogP contribution in [0.15, 0.2) is 36.5 Å². The van der Waals surface area contributed by atoms with Crippen molar-refractivity contribution in [2.24, 2.45) is 7.05 Å². The van der Waals surface area contributed by atoms with E-state index >= 15 is 0 Å². The van der Waals surface area contributed by atoms with Gasteiger partial charge in [0.1, 0.15) is 0 Å². The Bertz CT molecular complexity index is 770. The fourth-order valence-corrected chi connectivity index (χ4v) is 3.10. The predicted molar refractivity (Wildman–Crippen MR) is 100 cm³/mol. The molecule has 0 spiro atoms. The van der Waals surface area contributed by atoms with Gasteiger partial charge in [-0.05, 0) is 31.1 Å². The van der Waals surface area contributed by atoms with Crippen LogP contribution in [0.25, 0.3) is 6.08 Å². The third-order valence-electron chi connectivity index (χ3n) is 5.02. The molecule has 5 nitrogen and oxygen atoms in total. The lowest BCUT2D eigenvalue weighted by molar-refractivity contribution is -0.127. The van der Waals surface area contributed by atoms with Crippen molar-refractivity contribution < 1.29 is 4.79 Å². The zero-order chi connectivity index (χ0) is 17.8. The molecule has 25 heavy (non-hydrogen) atoms. The average molecular weight is 338 g/mol. The summed E-state index contributed by atoms with van der Waals surface area (Å²) in [5.41, 5.74) is 4.76. The average Bonchev–Trinajstić information content (AvgIpc) is 2.94. The van der Waals surface area contributed by atoms with Crippen LogP contribution in [0, 0.1) is 13.8 Å². The lowest BCUT2D eigenvalue weighted by atomic mass is 10.1. The van der Waals surface area contributed by atoms with Crippen LogP contribution in [-0.4, -0.2) is 51.7 Å². The standard InChI is InChI=1S/C20H26N4O/c1-16-6-4-5-7-19(16)15-23-10-12-24(13-11-23)20(25)9-8-18-14-21-22(3)17(18)2/h4-9,14H,10-13,15H2,1-3H3. The number of carbonyl (C=O) groups excluding carboxylic acids is 1. The molecule has 0 aliphatic carbocycles. The molecule has 0 N–H and O–H groups in total. The predicted octanol–water partition coefficient (Wildman–Crippen LogP) is 2.39. The van der Waals surface area contributed by atoms with Gasteiger partial charge in [-0.15, -0.1) is 0 Å². The fourth-order valence-electron chi connectivity index (χ4n) is 3.10. The van der Waals surface area contributed by atoms with Gasteiger partial charge in [0.25, 0.3) is 0 Å². The molecular formula is C20H26N4O. The molecule has 1 aliphatic heterocycles. The van der Waals surface area contributed by atoms with Crippen molar-refractivity contribution >= 4 is 12.0 Å². The molecule has 1 aromatic heterocycles. The highest BCUT2D eigenvalue weighted by Gasteiger charge is 2.20. The Labute approximate surface area is 149 Å². The molecular weight excluding hydrogens is 312 g/mol. The highest BCUT2D eigenvalue weighted by atomic mass is 16.2. The highest BCUT2D eigenvalue weighted by molar-refractivity contribution is 5.92. The Morgan fingerprint density at radius 1 is 1.16 bits per heavy atom. The molecule has 5 heteroatoms. The normalized spacial score (nSPS) is 15.9. The van der Waals surface area contributed by atoms with E-state index in [9.17, 15) is 4.79 Å². The Kier molecular flexibility index (Phi) is 5.34. The summed E-state index contributed by atoms with van der Waals surface area (Å²) in [7, 11) is 1.90. The van der Waals surface area contributed by atoms with Crippen molar-refractivity contribution in [3.63, 3.8) is 0 Å². The second-order valence-electron chi connectivity index (χ2n) is 6.67. The van der Waals surface area contributed by atoms with E-state index < -0.39 is 0 Å². The molecule has 0 radical (unpaired) electrons. The highest BCUT2D eigenvalue weighted by Crippen LogP contribution is 2.13. The van der Waals surface area contributed by atoms with Gasteiger partial charge in [0.05, 0.1) is 6.20 Å². The van der Waals surface area contributed by atoms with Crippen molar-refractivity contribution in [2.45, 2.75) is 20.4 Å². The topological polar surface area (TPSA) is 41.4 Å². The fraction of sp³-hybridized carbons (Fsp3) is 0.400. The van der Waals surface area contributed by atoms with E-state index in [1.165, 1.54) is 11.1 Å². The molecule has 0 unspecified atom stereocenters. The van der Waals surface area contributed by atoms with Crippen LogP contribution >= 0.6 is 0 Å². The first-order valence-corrected chi connectivity index (χ1v) is 8.77.